The summed E-state index contributed by atoms with van der Waals surface area (Å²) in [5, 5.41) is 0. The molecule has 1 rings (SSSR count). The van der Waals surface area contributed by atoms with Crippen LogP contribution in [-0.2, 0) is 0 Å². The van der Waals surface area contributed by atoms with E-state index >= 15 is 0 Å². The van der Waals surface area contributed by atoms with Gasteiger partial charge in [-0.05, 0) is 40.8 Å². The predicted octanol–water partition coefficient (Wildman–Crippen LogP) is 1.42. The third kappa shape index (κ3) is 2.46. The largest absolute Gasteiger partial charge is 0.308 e. The summed E-state index contributed by atoms with van der Waals surface area (Å²) < 4.78 is 0. The van der Waals surface area contributed by atoms with Gasteiger partial charge in [0.25, 0.3) is 0 Å². The molecular weight excluding hydrogens is 148 g/mol. The lowest BCUT2D eigenvalue weighted by molar-refractivity contribution is 0.192. The van der Waals surface area contributed by atoms with E-state index in [1.165, 1.54) is 25.9 Å². The Morgan fingerprint density at radius 2 is 1.67 bits per heavy atom. The zero-order valence-corrected chi connectivity index (χ0v) is 8.88. The van der Waals surface area contributed by atoms with E-state index in [2.05, 4.69) is 37.7 Å². The molecule has 0 aromatic rings. The minimum Gasteiger partial charge on any atom is -0.308 e. The minimum atomic E-state index is 0.806. The van der Waals surface area contributed by atoms with Crippen molar-refractivity contribution in [2.45, 2.75) is 38.8 Å². The van der Waals surface area contributed by atoms with Gasteiger partial charge in [0.1, 0.15) is 0 Å². The van der Waals surface area contributed by atoms with Crippen molar-refractivity contribution >= 4 is 0 Å². The van der Waals surface area contributed by atoms with Gasteiger partial charge in [-0.1, -0.05) is 0 Å². The van der Waals surface area contributed by atoms with Gasteiger partial charge in [-0.2, -0.15) is 0 Å². The van der Waals surface area contributed by atoms with Gasteiger partial charge in [-0.25, -0.2) is 0 Å². The normalized spacial score (nSPS) is 31.8. The summed E-state index contributed by atoms with van der Waals surface area (Å²) >= 11 is 0. The van der Waals surface area contributed by atoms with E-state index in [9.17, 15) is 0 Å². The monoisotopic (exact) mass is 170 g/mol. The second kappa shape index (κ2) is 4.24. The molecule has 0 N–H and O–H groups in total. The summed E-state index contributed by atoms with van der Waals surface area (Å²) in [4.78, 5) is 4.89. The summed E-state index contributed by atoms with van der Waals surface area (Å²) in [6.07, 6.45) is 2.77. The van der Waals surface area contributed by atoms with Crippen molar-refractivity contribution in [3.8, 4) is 0 Å². The number of nitrogens with zero attached hydrogens (tertiary/aromatic N) is 2. The van der Waals surface area contributed by atoms with Crippen molar-refractivity contribution < 1.29 is 0 Å². The number of likely N-dealkylation sites (tertiary alicyclic amines) is 1. The summed E-state index contributed by atoms with van der Waals surface area (Å²) in [5.41, 5.74) is 0. The highest BCUT2D eigenvalue weighted by molar-refractivity contribution is 4.82. The Bertz CT molecular complexity index is 124. The van der Waals surface area contributed by atoms with Crippen LogP contribution < -0.4 is 0 Å². The van der Waals surface area contributed by atoms with Crippen molar-refractivity contribution in [2.24, 2.45) is 0 Å². The van der Waals surface area contributed by atoms with Crippen LogP contribution in [0.5, 0.6) is 0 Å². The number of likely N-dealkylation sites (N-methyl/N-ethyl adjacent to an activating group) is 1. The van der Waals surface area contributed by atoms with Crippen LogP contribution in [0.1, 0.15) is 26.7 Å². The average molecular weight is 170 g/mol. The van der Waals surface area contributed by atoms with Crippen molar-refractivity contribution in [1.29, 1.82) is 0 Å². The Labute approximate surface area is 76.5 Å². The van der Waals surface area contributed by atoms with Crippen molar-refractivity contribution in [3.05, 3.63) is 0 Å². The zero-order valence-electron chi connectivity index (χ0n) is 8.88. The lowest BCUT2D eigenvalue weighted by atomic mass is 10.2. The molecule has 1 heterocycles. The Morgan fingerprint density at radius 3 is 2.08 bits per heavy atom. The van der Waals surface area contributed by atoms with Crippen LogP contribution in [0.2, 0.25) is 0 Å². The predicted molar refractivity (Wildman–Crippen MR) is 53.4 cm³/mol. The highest BCUT2D eigenvalue weighted by Crippen LogP contribution is 2.22. The fourth-order valence-corrected chi connectivity index (χ4v) is 2.00. The first-order chi connectivity index (χ1) is 5.61. The first-order valence-electron chi connectivity index (χ1n) is 5.01. The highest BCUT2D eigenvalue weighted by atomic mass is 15.2. The molecule has 0 bridgehead atoms. The van der Waals surface area contributed by atoms with Gasteiger partial charge in [0.2, 0.25) is 0 Å². The molecule has 1 aliphatic heterocycles. The van der Waals surface area contributed by atoms with Crippen LogP contribution in [0.4, 0.5) is 0 Å². The van der Waals surface area contributed by atoms with Gasteiger partial charge < -0.3 is 4.90 Å². The minimum absolute atomic E-state index is 0.806. The molecule has 1 fully saturated rings. The van der Waals surface area contributed by atoms with Crippen molar-refractivity contribution in [2.75, 3.05) is 27.2 Å². The molecule has 72 valence electrons. The van der Waals surface area contributed by atoms with Gasteiger partial charge in [-0.15, -0.1) is 0 Å². The third-order valence-corrected chi connectivity index (χ3v) is 2.94. The molecule has 0 radical (unpaired) electrons. The molecule has 1 aliphatic rings. The lowest BCUT2D eigenvalue weighted by Crippen LogP contribution is -2.37. The van der Waals surface area contributed by atoms with Crippen LogP contribution in [0.15, 0.2) is 0 Å². The summed E-state index contributed by atoms with van der Waals surface area (Å²) in [5.74, 6) is 0. The maximum absolute atomic E-state index is 2.62. The third-order valence-electron chi connectivity index (χ3n) is 2.94. The van der Waals surface area contributed by atoms with Crippen LogP contribution >= 0.6 is 0 Å². The summed E-state index contributed by atoms with van der Waals surface area (Å²) in [6.45, 7) is 7.11. The molecule has 2 unspecified atom stereocenters. The van der Waals surface area contributed by atoms with E-state index in [4.69, 9.17) is 0 Å². The standard InChI is InChI=1S/C10H22N2/c1-9-5-6-10(2)12(9)8-7-11(3)4/h9-10H,5-8H2,1-4H3. The first kappa shape index (κ1) is 10.0. The van der Waals surface area contributed by atoms with Gasteiger partial charge in [0.15, 0.2) is 0 Å². The lowest BCUT2D eigenvalue weighted by Gasteiger charge is -2.27. The van der Waals surface area contributed by atoms with Crippen LogP contribution in [0.25, 0.3) is 0 Å². The number of hydrogen-bond donors (Lipinski definition) is 0. The zero-order chi connectivity index (χ0) is 9.14. The van der Waals surface area contributed by atoms with Crippen LogP contribution in [0.3, 0.4) is 0 Å². The van der Waals surface area contributed by atoms with E-state index in [0.29, 0.717) is 0 Å². The molecule has 0 saturated carbocycles. The summed E-state index contributed by atoms with van der Waals surface area (Å²) in [6, 6.07) is 1.61. The van der Waals surface area contributed by atoms with Gasteiger partial charge in [0.05, 0.1) is 0 Å². The van der Waals surface area contributed by atoms with Gasteiger partial charge in [0, 0.05) is 25.2 Å². The molecule has 1 saturated heterocycles. The quantitative estimate of drug-likeness (QED) is 0.632. The molecule has 0 amide bonds. The Hall–Kier alpha value is -0.0800. The van der Waals surface area contributed by atoms with E-state index in [-0.39, 0.29) is 0 Å². The molecule has 0 aromatic heterocycles. The first-order valence-corrected chi connectivity index (χ1v) is 5.01. The van der Waals surface area contributed by atoms with Crippen LogP contribution in [-0.4, -0.2) is 49.1 Å². The van der Waals surface area contributed by atoms with E-state index in [1.807, 2.05) is 0 Å². The molecule has 0 spiro atoms. The van der Waals surface area contributed by atoms with Crippen LogP contribution in [0, 0.1) is 0 Å². The Kier molecular flexibility index (Phi) is 3.53. The maximum atomic E-state index is 2.62. The van der Waals surface area contributed by atoms with Gasteiger partial charge in [-0.3, -0.25) is 4.90 Å². The Morgan fingerprint density at radius 1 is 1.17 bits per heavy atom. The fourth-order valence-electron chi connectivity index (χ4n) is 2.00. The van der Waals surface area contributed by atoms with Crippen molar-refractivity contribution in [3.63, 3.8) is 0 Å². The molecule has 0 aromatic carbocycles. The fraction of sp³-hybridized carbons (Fsp3) is 1.00. The molecule has 0 aliphatic carbocycles. The topological polar surface area (TPSA) is 6.48 Å². The Balaban J connectivity index is 2.29. The molecule has 12 heavy (non-hydrogen) atoms. The smallest absolute Gasteiger partial charge is 0.0115 e. The van der Waals surface area contributed by atoms with Crippen molar-refractivity contribution in [1.82, 2.24) is 9.80 Å². The van der Waals surface area contributed by atoms with E-state index < -0.39 is 0 Å². The van der Waals surface area contributed by atoms with Gasteiger partial charge >= 0.3 is 0 Å². The van der Waals surface area contributed by atoms with E-state index in [0.717, 1.165) is 12.1 Å². The second-order valence-electron chi connectivity index (χ2n) is 4.32. The average Bonchev–Trinajstić information content (AvgIpc) is 2.28. The van der Waals surface area contributed by atoms with E-state index in [1.54, 1.807) is 0 Å². The number of hydrogen-bond acceptors (Lipinski definition) is 2. The second-order valence-corrected chi connectivity index (χ2v) is 4.32. The highest BCUT2D eigenvalue weighted by Gasteiger charge is 2.26. The molecule has 2 nitrogen and oxygen atoms in total. The summed E-state index contributed by atoms with van der Waals surface area (Å²) in [7, 11) is 4.29. The molecule has 2 heteroatoms. The molecule has 2 atom stereocenters. The number of rotatable bonds is 3. The molecular formula is C10H22N2. The maximum Gasteiger partial charge on any atom is 0.0115 e. The SMILES string of the molecule is CC1CCC(C)N1CCN(C)C.